The molecule has 1 unspecified atom stereocenters. The van der Waals surface area contributed by atoms with E-state index in [0.29, 0.717) is 18.8 Å². The number of rotatable bonds is 5. The lowest BCUT2D eigenvalue weighted by Gasteiger charge is -2.24. The van der Waals surface area contributed by atoms with E-state index < -0.39 is 0 Å². The maximum absolute atomic E-state index is 11.9. The summed E-state index contributed by atoms with van der Waals surface area (Å²) < 4.78 is 6.94. The molecule has 2 heterocycles. The predicted octanol–water partition coefficient (Wildman–Crippen LogP) is 2.06. The van der Waals surface area contributed by atoms with Crippen LogP contribution in [0.25, 0.3) is 0 Å². The second kappa shape index (κ2) is 5.75. The first-order valence-electron chi connectivity index (χ1n) is 6.30. The van der Waals surface area contributed by atoms with Crippen LogP contribution in [0.1, 0.15) is 19.8 Å². The molecular formula is C13H18ClN3O2. The van der Waals surface area contributed by atoms with Gasteiger partial charge in [-0.3, -0.25) is 4.79 Å². The highest BCUT2D eigenvalue weighted by Gasteiger charge is 2.29. The summed E-state index contributed by atoms with van der Waals surface area (Å²) in [4.78, 5) is 11.9. The third-order valence-electron chi connectivity index (χ3n) is 3.24. The van der Waals surface area contributed by atoms with E-state index in [1.807, 2.05) is 6.92 Å². The first-order chi connectivity index (χ1) is 9.06. The van der Waals surface area contributed by atoms with E-state index in [2.05, 4.69) is 17.0 Å². The summed E-state index contributed by atoms with van der Waals surface area (Å²) in [5.74, 6) is 0. The van der Waals surface area contributed by atoms with Crippen LogP contribution in [0.2, 0.25) is 5.02 Å². The van der Waals surface area contributed by atoms with Crippen LogP contribution in [-0.2, 0) is 11.3 Å². The minimum absolute atomic E-state index is 0.151. The van der Waals surface area contributed by atoms with E-state index in [1.54, 1.807) is 12.3 Å². The molecule has 1 aromatic rings. The average molecular weight is 284 g/mol. The highest BCUT2D eigenvalue weighted by molar-refractivity contribution is 6.32. The van der Waals surface area contributed by atoms with Crippen molar-refractivity contribution in [2.75, 3.05) is 18.5 Å². The van der Waals surface area contributed by atoms with E-state index in [4.69, 9.17) is 16.3 Å². The van der Waals surface area contributed by atoms with Crippen LogP contribution in [0.15, 0.2) is 23.6 Å². The standard InChI is InChI=1S/C13H18ClN3O2/c1-3-6-17-12(18)11(14)10(8-16-17)15-9-13(2)5-4-7-19-13/h3,8,15H,1,4-7,9H2,2H3. The van der Waals surface area contributed by atoms with Gasteiger partial charge in [0.05, 0.1) is 24.0 Å². The molecule has 1 N–H and O–H groups in total. The summed E-state index contributed by atoms with van der Waals surface area (Å²) in [5.41, 5.74) is 0.0343. The van der Waals surface area contributed by atoms with E-state index in [9.17, 15) is 4.79 Å². The lowest BCUT2D eigenvalue weighted by Crippen LogP contribution is -2.33. The summed E-state index contributed by atoms with van der Waals surface area (Å²) in [7, 11) is 0. The van der Waals surface area contributed by atoms with E-state index in [1.165, 1.54) is 4.68 Å². The Morgan fingerprint density at radius 3 is 3.16 bits per heavy atom. The van der Waals surface area contributed by atoms with Crippen molar-refractivity contribution in [2.24, 2.45) is 0 Å². The Bertz CT molecular complexity index is 521. The molecule has 0 aromatic carbocycles. The Kier molecular flexibility index (Phi) is 4.27. The van der Waals surface area contributed by atoms with Gasteiger partial charge in [0.15, 0.2) is 0 Å². The van der Waals surface area contributed by atoms with Gasteiger partial charge in [-0.1, -0.05) is 17.7 Å². The Hall–Kier alpha value is -1.33. The zero-order chi connectivity index (χ0) is 13.9. The fourth-order valence-corrected chi connectivity index (χ4v) is 2.31. The summed E-state index contributed by atoms with van der Waals surface area (Å²) in [6.07, 6.45) is 5.22. The van der Waals surface area contributed by atoms with Crippen LogP contribution in [0.4, 0.5) is 5.69 Å². The number of nitrogens with one attached hydrogen (secondary N) is 1. The largest absolute Gasteiger partial charge is 0.379 e. The van der Waals surface area contributed by atoms with Crippen molar-refractivity contribution in [2.45, 2.75) is 31.9 Å². The highest BCUT2D eigenvalue weighted by atomic mass is 35.5. The third kappa shape index (κ3) is 3.16. The topological polar surface area (TPSA) is 56.1 Å². The molecule has 0 aliphatic carbocycles. The SMILES string of the molecule is C=CCn1ncc(NCC2(C)CCCO2)c(Cl)c1=O. The van der Waals surface area contributed by atoms with E-state index >= 15 is 0 Å². The third-order valence-corrected chi connectivity index (χ3v) is 3.61. The molecule has 104 valence electrons. The Morgan fingerprint density at radius 2 is 2.53 bits per heavy atom. The average Bonchev–Trinajstić information content (AvgIpc) is 2.82. The van der Waals surface area contributed by atoms with Crippen molar-refractivity contribution in [3.05, 3.63) is 34.2 Å². The second-order valence-electron chi connectivity index (χ2n) is 4.90. The second-order valence-corrected chi connectivity index (χ2v) is 5.28. The molecule has 2 rings (SSSR count). The van der Waals surface area contributed by atoms with E-state index in [0.717, 1.165) is 19.4 Å². The molecule has 19 heavy (non-hydrogen) atoms. The number of nitrogens with zero attached hydrogens (tertiary/aromatic N) is 2. The van der Waals surface area contributed by atoms with Crippen molar-refractivity contribution < 1.29 is 4.74 Å². The number of allylic oxidation sites excluding steroid dienone is 1. The fourth-order valence-electron chi connectivity index (χ4n) is 2.10. The number of halogens is 1. The molecule has 0 spiro atoms. The molecule has 0 saturated carbocycles. The van der Waals surface area contributed by atoms with Crippen molar-refractivity contribution in [3.63, 3.8) is 0 Å². The van der Waals surface area contributed by atoms with Crippen molar-refractivity contribution in [1.29, 1.82) is 0 Å². The van der Waals surface area contributed by atoms with Gasteiger partial charge in [0, 0.05) is 13.2 Å². The van der Waals surface area contributed by atoms with Gasteiger partial charge in [-0.25, -0.2) is 4.68 Å². The van der Waals surface area contributed by atoms with Gasteiger partial charge in [0.1, 0.15) is 5.02 Å². The molecule has 1 atom stereocenters. The number of aromatic nitrogens is 2. The smallest absolute Gasteiger partial charge is 0.287 e. The summed E-state index contributed by atoms with van der Waals surface area (Å²) >= 11 is 6.05. The number of hydrogen-bond acceptors (Lipinski definition) is 4. The van der Waals surface area contributed by atoms with Gasteiger partial charge in [-0.2, -0.15) is 5.10 Å². The number of anilines is 1. The van der Waals surface area contributed by atoms with Crippen LogP contribution in [-0.4, -0.2) is 28.5 Å². The molecular weight excluding hydrogens is 266 g/mol. The maximum atomic E-state index is 11.9. The van der Waals surface area contributed by atoms with Crippen LogP contribution < -0.4 is 10.9 Å². The maximum Gasteiger partial charge on any atom is 0.287 e. The van der Waals surface area contributed by atoms with Crippen molar-refractivity contribution >= 4 is 17.3 Å². The number of hydrogen-bond donors (Lipinski definition) is 1. The molecule has 0 bridgehead atoms. The van der Waals surface area contributed by atoms with Gasteiger partial charge < -0.3 is 10.1 Å². The van der Waals surface area contributed by atoms with Gasteiger partial charge in [0.2, 0.25) is 0 Å². The zero-order valence-electron chi connectivity index (χ0n) is 11.0. The molecule has 1 aliphatic heterocycles. The molecule has 5 nitrogen and oxygen atoms in total. The predicted molar refractivity (Wildman–Crippen MR) is 75.8 cm³/mol. The van der Waals surface area contributed by atoms with Gasteiger partial charge in [-0.05, 0) is 19.8 Å². The molecule has 1 saturated heterocycles. The quantitative estimate of drug-likeness (QED) is 0.841. The molecule has 1 aliphatic rings. The van der Waals surface area contributed by atoms with Crippen molar-refractivity contribution in [3.8, 4) is 0 Å². The van der Waals surface area contributed by atoms with Gasteiger partial charge >= 0.3 is 0 Å². The van der Waals surface area contributed by atoms with Crippen LogP contribution in [0.3, 0.4) is 0 Å². The van der Waals surface area contributed by atoms with E-state index in [-0.39, 0.29) is 16.2 Å². The Labute approximate surface area is 117 Å². The monoisotopic (exact) mass is 283 g/mol. The summed E-state index contributed by atoms with van der Waals surface area (Å²) in [6, 6.07) is 0. The minimum atomic E-state index is -0.316. The van der Waals surface area contributed by atoms with Crippen LogP contribution >= 0.6 is 11.6 Å². The molecule has 1 fully saturated rings. The lowest BCUT2D eigenvalue weighted by atomic mass is 10.0. The Morgan fingerprint density at radius 1 is 1.74 bits per heavy atom. The van der Waals surface area contributed by atoms with Crippen LogP contribution in [0.5, 0.6) is 0 Å². The molecule has 1 aromatic heterocycles. The first-order valence-corrected chi connectivity index (χ1v) is 6.68. The summed E-state index contributed by atoms with van der Waals surface area (Å²) in [6.45, 7) is 7.36. The van der Waals surface area contributed by atoms with Crippen LogP contribution in [0, 0.1) is 0 Å². The zero-order valence-corrected chi connectivity index (χ0v) is 11.7. The van der Waals surface area contributed by atoms with Gasteiger partial charge in [0.25, 0.3) is 5.56 Å². The minimum Gasteiger partial charge on any atom is -0.379 e. The highest BCUT2D eigenvalue weighted by Crippen LogP contribution is 2.26. The number of ether oxygens (including phenoxy) is 1. The summed E-state index contributed by atoms with van der Waals surface area (Å²) in [5, 5.41) is 7.34. The van der Waals surface area contributed by atoms with Crippen molar-refractivity contribution in [1.82, 2.24) is 9.78 Å². The first kappa shape index (κ1) is 14.1. The Balaban J connectivity index is 2.11. The molecule has 0 amide bonds. The van der Waals surface area contributed by atoms with Gasteiger partial charge in [-0.15, -0.1) is 6.58 Å². The normalized spacial score (nSPS) is 22.4. The molecule has 0 radical (unpaired) electrons. The fraction of sp³-hybridized carbons (Fsp3) is 0.538. The molecule has 6 heteroatoms. The lowest BCUT2D eigenvalue weighted by molar-refractivity contribution is 0.0315.